The van der Waals surface area contributed by atoms with Gasteiger partial charge in [0, 0.05) is 33.1 Å². The molecule has 0 radical (unpaired) electrons. The van der Waals surface area contributed by atoms with E-state index in [1.165, 1.54) is 0 Å². The van der Waals surface area contributed by atoms with Crippen LogP contribution in [-0.4, -0.2) is 65.2 Å². The topological polar surface area (TPSA) is 50.6 Å². The molecule has 0 spiro atoms. The first-order chi connectivity index (χ1) is 11.1. The number of hydrogen-bond donors (Lipinski definition) is 0. The Kier molecular flexibility index (Phi) is 4.93. The fourth-order valence-corrected chi connectivity index (χ4v) is 2.91. The lowest BCUT2D eigenvalue weighted by atomic mass is 10.3. The average molecular weight is 316 g/mol. The quantitative estimate of drug-likeness (QED) is 0.833. The highest BCUT2D eigenvalue weighted by molar-refractivity contribution is 5.76. The molecule has 1 aromatic carbocycles. The number of imidazole rings is 1. The standard InChI is InChI=1S/C17H24N4O2/c1-19(8-7-17(22)21-9-11-23-12-10-21)13-16-18-14-5-3-4-6-15(14)20(16)2/h3-6H,7-13H2,1-2H3. The van der Waals surface area contributed by atoms with Gasteiger partial charge in [-0.2, -0.15) is 0 Å². The molecule has 0 bridgehead atoms. The maximum absolute atomic E-state index is 12.2. The summed E-state index contributed by atoms with van der Waals surface area (Å²) < 4.78 is 7.40. The van der Waals surface area contributed by atoms with Gasteiger partial charge in [0.05, 0.1) is 30.8 Å². The first-order valence-corrected chi connectivity index (χ1v) is 8.09. The maximum Gasteiger partial charge on any atom is 0.224 e. The number of ether oxygens (including phenoxy) is 1. The van der Waals surface area contributed by atoms with Crippen LogP contribution in [0.1, 0.15) is 12.2 Å². The lowest BCUT2D eigenvalue weighted by Gasteiger charge is -2.27. The summed E-state index contributed by atoms with van der Waals surface area (Å²) in [6, 6.07) is 8.14. The van der Waals surface area contributed by atoms with Crippen molar-refractivity contribution in [1.82, 2.24) is 19.4 Å². The molecule has 3 rings (SSSR count). The number of hydrogen-bond acceptors (Lipinski definition) is 4. The summed E-state index contributed by atoms with van der Waals surface area (Å²) in [5, 5.41) is 0. The molecule has 1 aliphatic heterocycles. The van der Waals surface area contributed by atoms with E-state index in [1.807, 2.05) is 37.2 Å². The predicted molar refractivity (Wildman–Crippen MR) is 89.1 cm³/mol. The van der Waals surface area contributed by atoms with Crippen molar-refractivity contribution in [3.05, 3.63) is 30.1 Å². The second kappa shape index (κ2) is 7.10. The summed E-state index contributed by atoms with van der Waals surface area (Å²) in [5.74, 6) is 1.23. The number of fused-ring (bicyclic) bond motifs is 1. The second-order valence-corrected chi connectivity index (χ2v) is 6.06. The molecular formula is C17H24N4O2. The zero-order valence-electron chi connectivity index (χ0n) is 13.9. The van der Waals surface area contributed by atoms with E-state index in [2.05, 4.69) is 20.5 Å². The van der Waals surface area contributed by atoms with E-state index in [0.29, 0.717) is 32.7 Å². The summed E-state index contributed by atoms with van der Waals surface area (Å²) in [4.78, 5) is 20.9. The SMILES string of the molecule is CN(CCC(=O)N1CCOCC1)Cc1nc2ccccc2n1C. The van der Waals surface area contributed by atoms with Crippen LogP contribution < -0.4 is 0 Å². The minimum atomic E-state index is 0.213. The molecule has 6 heteroatoms. The number of rotatable bonds is 5. The van der Waals surface area contributed by atoms with E-state index in [4.69, 9.17) is 4.74 Å². The van der Waals surface area contributed by atoms with Crippen molar-refractivity contribution >= 4 is 16.9 Å². The molecule has 1 saturated heterocycles. The Bertz CT molecular complexity index is 676. The fourth-order valence-electron chi connectivity index (χ4n) is 2.91. The molecular weight excluding hydrogens is 292 g/mol. The highest BCUT2D eigenvalue weighted by atomic mass is 16.5. The molecule has 0 atom stereocenters. The van der Waals surface area contributed by atoms with Crippen LogP contribution in [0.15, 0.2) is 24.3 Å². The van der Waals surface area contributed by atoms with Crippen molar-refractivity contribution < 1.29 is 9.53 Å². The second-order valence-electron chi connectivity index (χ2n) is 6.06. The minimum absolute atomic E-state index is 0.213. The van der Waals surface area contributed by atoms with Crippen LogP contribution >= 0.6 is 0 Å². The predicted octanol–water partition coefficient (Wildman–Crippen LogP) is 1.25. The molecule has 1 aliphatic rings. The van der Waals surface area contributed by atoms with Gasteiger partial charge in [-0.05, 0) is 19.2 Å². The van der Waals surface area contributed by atoms with E-state index in [0.717, 1.165) is 29.9 Å². The summed E-state index contributed by atoms with van der Waals surface area (Å²) in [6.07, 6.45) is 0.542. The van der Waals surface area contributed by atoms with Gasteiger partial charge in [0.25, 0.3) is 0 Å². The van der Waals surface area contributed by atoms with E-state index < -0.39 is 0 Å². The lowest BCUT2D eigenvalue weighted by molar-refractivity contribution is -0.135. The minimum Gasteiger partial charge on any atom is -0.378 e. The Hall–Kier alpha value is -1.92. The van der Waals surface area contributed by atoms with Crippen molar-refractivity contribution in [3.63, 3.8) is 0 Å². The molecule has 23 heavy (non-hydrogen) atoms. The molecule has 1 fully saturated rings. The number of amides is 1. The third-order valence-corrected chi connectivity index (χ3v) is 4.36. The van der Waals surface area contributed by atoms with Gasteiger partial charge in [-0.3, -0.25) is 9.69 Å². The van der Waals surface area contributed by atoms with Crippen LogP contribution in [0.3, 0.4) is 0 Å². The molecule has 0 saturated carbocycles. The zero-order chi connectivity index (χ0) is 16.2. The molecule has 124 valence electrons. The van der Waals surface area contributed by atoms with Crippen molar-refractivity contribution in [2.24, 2.45) is 7.05 Å². The van der Waals surface area contributed by atoms with Gasteiger partial charge in [0.2, 0.25) is 5.91 Å². The first kappa shape index (κ1) is 16.0. The third kappa shape index (κ3) is 3.71. The van der Waals surface area contributed by atoms with E-state index in [1.54, 1.807) is 0 Å². The molecule has 6 nitrogen and oxygen atoms in total. The van der Waals surface area contributed by atoms with Gasteiger partial charge >= 0.3 is 0 Å². The number of carbonyl (C=O) groups excluding carboxylic acids is 1. The van der Waals surface area contributed by atoms with Crippen LogP contribution in [0.5, 0.6) is 0 Å². The summed E-state index contributed by atoms with van der Waals surface area (Å²) in [6.45, 7) is 4.21. The number of nitrogens with zero attached hydrogens (tertiary/aromatic N) is 4. The van der Waals surface area contributed by atoms with Gasteiger partial charge in [-0.1, -0.05) is 12.1 Å². The van der Waals surface area contributed by atoms with Crippen LogP contribution in [0, 0.1) is 0 Å². The van der Waals surface area contributed by atoms with Gasteiger partial charge in [-0.15, -0.1) is 0 Å². The van der Waals surface area contributed by atoms with Crippen molar-refractivity contribution in [1.29, 1.82) is 0 Å². The van der Waals surface area contributed by atoms with Crippen LogP contribution in [0.2, 0.25) is 0 Å². The highest BCUT2D eigenvalue weighted by Crippen LogP contribution is 2.15. The Morgan fingerprint density at radius 2 is 2.04 bits per heavy atom. The van der Waals surface area contributed by atoms with Crippen LogP contribution in [0.4, 0.5) is 0 Å². The Labute approximate surface area is 136 Å². The van der Waals surface area contributed by atoms with Crippen molar-refractivity contribution in [2.75, 3.05) is 39.9 Å². The van der Waals surface area contributed by atoms with Crippen molar-refractivity contribution in [2.45, 2.75) is 13.0 Å². The number of para-hydroxylation sites is 2. The Morgan fingerprint density at radius 1 is 1.30 bits per heavy atom. The van der Waals surface area contributed by atoms with Crippen LogP contribution in [-0.2, 0) is 23.1 Å². The molecule has 0 unspecified atom stereocenters. The smallest absolute Gasteiger partial charge is 0.224 e. The molecule has 0 N–H and O–H groups in total. The average Bonchev–Trinajstić information content (AvgIpc) is 2.90. The Balaban J connectivity index is 1.55. The highest BCUT2D eigenvalue weighted by Gasteiger charge is 2.17. The number of morpholine rings is 1. The molecule has 2 aromatic rings. The molecule has 0 aliphatic carbocycles. The van der Waals surface area contributed by atoms with Gasteiger partial charge in [-0.25, -0.2) is 4.98 Å². The zero-order valence-corrected chi connectivity index (χ0v) is 13.9. The van der Waals surface area contributed by atoms with E-state index in [9.17, 15) is 4.79 Å². The summed E-state index contributed by atoms with van der Waals surface area (Å²) in [7, 11) is 4.07. The van der Waals surface area contributed by atoms with E-state index >= 15 is 0 Å². The molecule has 1 amide bonds. The van der Waals surface area contributed by atoms with Gasteiger partial charge in [0.15, 0.2) is 0 Å². The molecule has 2 heterocycles. The first-order valence-electron chi connectivity index (χ1n) is 8.09. The largest absolute Gasteiger partial charge is 0.378 e. The summed E-state index contributed by atoms with van der Waals surface area (Å²) in [5.41, 5.74) is 2.16. The normalized spacial score (nSPS) is 15.5. The number of benzene rings is 1. The number of carbonyl (C=O) groups is 1. The summed E-state index contributed by atoms with van der Waals surface area (Å²) >= 11 is 0. The maximum atomic E-state index is 12.2. The number of aryl methyl sites for hydroxylation is 1. The monoisotopic (exact) mass is 316 g/mol. The van der Waals surface area contributed by atoms with Crippen molar-refractivity contribution in [3.8, 4) is 0 Å². The number of aromatic nitrogens is 2. The van der Waals surface area contributed by atoms with E-state index in [-0.39, 0.29) is 5.91 Å². The Morgan fingerprint density at radius 3 is 2.78 bits per heavy atom. The van der Waals surface area contributed by atoms with Crippen LogP contribution in [0.25, 0.3) is 11.0 Å². The van der Waals surface area contributed by atoms with Gasteiger partial charge in [0.1, 0.15) is 5.82 Å². The lowest BCUT2D eigenvalue weighted by Crippen LogP contribution is -2.41. The third-order valence-electron chi connectivity index (χ3n) is 4.36. The fraction of sp³-hybridized carbons (Fsp3) is 0.529. The van der Waals surface area contributed by atoms with Gasteiger partial charge < -0.3 is 14.2 Å². The molecule has 1 aromatic heterocycles.